The molecule has 2 aromatic heterocycles. The van der Waals surface area contributed by atoms with Crippen LogP contribution in [0.2, 0.25) is 0 Å². The Kier molecular flexibility index (Phi) is 6.25. The minimum atomic E-state index is -4.64. The minimum absolute atomic E-state index is 0.0175. The van der Waals surface area contributed by atoms with Gasteiger partial charge in [0.15, 0.2) is 11.5 Å². The normalized spacial score (nSPS) is 16.8. The predicted octanol–water partition coefficient (Wildman–Crippen LogP) is 4.24. The van der Waals surface area contributed by atoms with Crippen molar-refractivity contribution in [2.24, 2.45) is 5.92 Å². The van der Waals surface area contributed by atoms with Gasteiger partial charge in [-0.3, -0.25) is 9.88 Å². The molecule has 1 saturated heterocycles. The van der Waals surface area contributed by atoms with Crippen LogP contribution in [-0.2, 0) is 6.18 Å². The molecule has 0 unspecified atom stereocenters. The number of aromatic nitrogens is 3. The Bertz CT molecular complexity index is 801. The van der Waals surface area contributed by atoms with E-state index in [0.717, 1.165) is 6.07 Å². The van der Waals surface area contributed by atoms with Crippen molar-refractivity contribution < 1.29 is 26.3 Å². The summed E-state index contributed by atoms with van der Waals surface area (Å²) in [6, 6.07) is 3.96. The van der Waals surface area contributed by atoms with E-state index in [0.29, 0.717) is 38.0 Å². The van der Waals surface area contributed by atoms with Gasteiger partial charge >= 0.3 is 12.4 Å². The summed E-state index contributed by atoms with van der Waals surface area (Å²) in [6.45, 7) is -0.0299. The van der Waals surface area contributed by atoms with E-state index in [1.807, 2.05) is 0 Å². The summed E-state index contributed by atoms with van der Waals surface area (Å²) < 4.78 is 77.0. The van der Waals surface area contributed by atoms with Crippen molar-refractivity contribution in [1.82, 2.24) is 19.9 Å². The Labute approximate surface area is 163 Å². The first-order valence-electron chi connectivity index (χ1n) is 9.00. The van der Waals surface area contributed by atoms with E-state index >= 15 is 0 Å². The lowest BCUT2D eigenvalue weighted by molar-refractivity contribution is -0.148. The number of hydrogen-bond donors (Lipinski definition) is 1. The fraction of sp³-hybridized carbons (Fsp3) is 0.500. The molecule has 5 nitrogen and oxygen atoms in total. The van der Waals surface area contributed by atoms with Gasteiger partial charge < -0.3 is 5.32 Å². The molecule has 3 rings (SSSR count). The van der Waals surface area contributed by atoms with Crippen LogP contribution >= 0.6 is 0 Å². The van der Waals surface area contributed by atoms with Gasteiger partial charge in [0.1, 0.15) is 5.82 Å². The third-order valence-electron chi connectivity index (χ3n) is 4.62. The van der Waals surface area contributed by atoms with Gasteiger partial charge in [-0.05, 0) is 44.0 Å². The number of likely N-dealkylation sites (tertiary alicyclic amines) is 1. The molecule has 11 heteroatoms. The monoisotopic (exact) mass is 419 g/mol. The van der Waals surface area contributed by atoms with Crippen LogP contribution in [0.3, 0.4) is 0 Å². The Morgan fingerprint density at radius 1 is 1.07 bits per heavy atom. The molecule has 1 aliphatic heterocycles. The number of rotatable bonds is 5. The van der Waals surface area contributed by atoms with E-state index in [-0.39, 0.29) is 17.6 Å². The molecule has 0 amide bonds. The molecule has 0 saturated carbocycles. The number of hydrogen-bond acceptors (Lipinski definition) is 5. The lowest BCUT2D eigenvalue weighted by Crippen LogP contribution is -2.41. The fourth-order valence-electron chi connectivity index (χ4n) is 3.16. The maximum Gasteiger partial charge on any atom is 0.433 e. The zero-order valence-electron chi connectivity index (χ0n) is 15.3. The standard InChI is InChI=1S/C18H19F6N5/c19-17(20,21)11-29-6-3-12(4-7-29)9-26-15-8-14(18(22,23)24)27-16(28-15)13-2-1-5-25-10-13/h1-2,5,8,10,12H,3-4,6-7,9,11H2,(H,26,27,28). The van der Waals surface area contributed by atoms with E-state index in [1.54, 1.807) is 12.1 Å². The summed E-state index contributed by atoms with van der Waals surface area (Å²) in [6.07, 6.45) is -4.97. The van der Waals surface area contributed by atoms with Crippen LogP contribution in [0.15, 0.2) is 30.6 Å². The number of nitrogens with zero attached hydrogens (tertiary/aromatic N) is 4. The van der Waals surface area contributed by atoms with Crippen molar-refractivity contribution in [2.45, 2.75) is 25.2 Å². The largest absolute Gasteiger partial charge is 0.433 e. The fourth-order valence-corrected chi connectivity index (χ4v) is 3.16. The van der Waals surface area contributed by atoms with Crippen molar-refractivity contribution in [1.29, 1.82) is 0 Å². The second kappa shape index (κ2) is 8.52. The highest BCUT2D eigenvalue weighted by atomic mass is 19.4. The molecule has 0 bridgehead atoms. The number of anilines is 1. The van der Waals surface area contributed by atoms with Crippen molar-refractivity contribution in [2.75, 3.05) is 31.5 Å². The van der Waals surface area contributed by atoms with Gasteiger partial charge in [-0.15, -0.1) is 0 Å². The highest BCUT2D eigenvalue weighted by Gasteiger charge is 2.34. The van der Waals surface area contributed by atoms with Gasteiger partial charge in [0.05, 0.1) is 6.54 Å². The maximum atomic E-state index is 13.2. The van der Waals surface area contributed by atoms with Gasteiger partial charge in [-0.1, -0.05) is 0 Å². The number of piperidine rings is 1. The SMILES string of the molecule is FC(F)(F)CN1CCC(CNc2cc(C(F)(F)F)nc(-c3cccnc3)n2)CC1. The molecule has 2 aromatic rings. The summed E-state index contributed by atoms with van der Waals surface area (Å²) in [5.74, 6) is -0.0371. The van der Waals surface area contributed by atoms with E-state index < -0.39 is 24.6 Å². The Hall–Kier alpha value is -2.43. The third kappa shape index (κ3) is 6.28. The average molecular weight is 419 g/mol. The third-order valence-corrected chi connectivity index (χ3v) is 4.62. The molecule has 1 aliphatic rings. The zero-order valence-corrected chi connectivity index (χ0v) is 15.3. The molecule has 0 aromatic carbocycles. The van der Waals surface area contributed by atoms with Gasteiger partial charge in [-0.2, -0.15) is 26.3 Å². The number of alkyl halides is 6. The summed E-state index contributed by atoms with van der Waals surface area (Å²) in [5, 5.41) is 2.89. The Morgan fingerprint density at radius 3 is 2.38 bits per heavy atom. The summed E-state index contributed by atoms with van der Waals surface area (Å²) >= 11 is 0. The van der Waals surface area contributed by atoms with Crippen LogP contribution in [0.25, 0.3) is 11.4 Å². The Balaban J connectivity index is 1.66. The minimum Gasteiger partial charge on any atom is -0.370 e. The molecule has 29 heavy (non-hydrogen) atoms. The zero-order chi connectivity index (χ0) is 21.1. The second-order valence-corrected chi connectivity index (χ2v) is 6.92. The molecule has 0 radical (unpaired) electrons. The van der Waals surface area contributed by atoms with E-state index in [1.165, 1.54) is 17.3 Å². The van der Waals surface area contributed by atoms with Crippen molar-refractivity contribution in [3.05, 3.63) is 36.3 Å². The quantitative estimate of drug-likeness (QED) is 0.735. The van der Waals surface area contributed by atoms with Crippen LogP contribution < -0.4 is 5.32 Å². The second-order valence-electron chi connectivity index (χ2n) is 6.92. The molecule has 3 heterocycles. The van der Waals surface area contributed by atoms with Crippen molar-refractivity contribution in [3.8, 4) is 11.4 Å². The highest BCUT2D eigenvalue weighted by Crippen LogP contribution is 2.31. The number of halogens is 6. The van der Waals surface area contributed by atoms with Crippen LogP contribution in [-0.4, -0.2) is 52.2 Å². The highest BCUT2D eigenvalue weighted by molar-refractivity contribution is 5.56. The van der Waals surface area contributed by atoms with Crippen LogP contribution in [0, 0.1) is 5.92 Å². The van der Waals surface area contributed by atoms with Gasteiger partial charge in [0, 0.05) is 30.6 Å². The topological polar surface area (TPSA) is 53.9 Å². The van der Waals surface area contributed by atoms with E-state index in [9.17, 15) is 26.3 Å². The first-order chi connectivity index (χ1) is 13.6. The summed E-state index contributed by atoms with van der Waals surface area (Å²) in [4.78, 5) is 12.9. The van der Waals surface area contributed by atoms with E-state index in [2.05, 4.69) is 20.3 Å². The maximum absolute atomic E-state index is 13.2. The van der Waals surface area contributed by atoms with Crippen LogP contribution in [0.4, 0.5) is 32.2 Å². The average Bonchev–Trinajstić information content (AvgIpc) is 2.66. The molecule has 0 spiro atoms. The lowest BCUT2D eigenvalue weighted by atomic mass is 9.97. The van der Waals surface area contributed by atoms with Crippen LogP contribution in [0.1, 0.15) is 18.5 Å². The predicted molar refractivity (Wildman–Crippen MR) is 94.0 cm³/mol. The van der Waals surface area contributed by atoms with Crippen molar-refractivity contribution in [3.63, 3.8) is 0 Å². The Morgan fingerprint density at radius 2 is 1.79 bits per heavy atom. The van der Waals surface area contributed by atoms with Gasteiger partial charge in [0.2, 0.25) is 0 Å². The summed E-state index contributed by atoms with van der Waals surface area (Å²) in [5.41, 5.74) is -0.726. The number of nitrogens with one attached hydrogen (secondary N) is 1. The molecule has 0 aliphatic carbocycles. The van der Waals surface area contributed by atoms with Gasteiger partial charge in [-0.25, -0.2) is 9.97 Å². The van der Waals surface area contributed by atoms with Crippen LogP contribution in [0.5, 0.6) is 0 Å². The molecule has 158 valence electrons. The first-order valence-corrected chi connectivity index (χ1v) is 9.00. The van der Waals surface area contributed by atoms with Crippen molar-refractivity contribution >= 4 is 5.82 Å². The lowest BCUT2D eigenvalue weighted by Gasteiger charge is -2.32. The molecular weight excluding hydrogens is 400 g/mol. The van der Waals surface area contributed by atoms with E-state index in [4.69, 9.17) is 0 Å². The number of pyridine rings is 1. The molecule has 1 N–H and O–H groups in total. The molecule has 0 atom stereocenters. The summed E-state index contributed by atoms with van der Waals surface area (Å²) in [7, 11) is 0. The molecular formula is C18H19F6N5. The first kappa shape index (κ1) is 21.3. The smallest absolute Gasteiger partial charge is 0.370 e. The molecule has 1 fully saturated rings. The van der Waals surface area contributed by atoms with Gasteiger partial charge in [0.25, 0.3) is 0 Å².